The van der Waals surface area contributed by atoms with Gasteiger partial charge in [0, 0.05) is 18.2 Å². The Kier molecular flexibility index (Phi) is 4.13. The molecule has 2 aromatic carbocycles. The molecule has 5 heteroatoms. The molecule has 5 nitrogen and oxygen atoms in total. The first-order valence-electron chi connectivity index (χ1n) is 7.24. The number of likely N-dealkylation sites (N-methyl/N-ethyl adjacent to an activating group) is 1. The van der Waals surface area contributed by atoms with Crippen LogP contribution in [0.4, 0.5) is 5.69 Å². The van der Waals surface area contributed by atoms with Crippen LogP contribution < -0.4 is 4.90 Å². The molecule has 1 amide bonds. The Bertz CT molecular complexity index is 821. The number of hydrogen-bond acceptors (Lipinski definition) is 4. The summed E-state index contributed by atoms with van der Waals surface area (Å²) in [5.41, 5.74) is 4.26. The molecule has 0 bridgehead atoms. The van der Waals surface area contributed by atoms with E-state index in [1.165, 1.54) is 0 Å². The average Bonchev–Trinajstić information content (AvgIpc) is 2.71. The van der Waals surface area contributed by atoms with Crippen LogP contribution in [0.5, 0.6) is 0 Å². The van der Waals surface area contributed by atoms with Crippen molar-refractivity contribution in [1.29, 1.82) is 0 Å². The lowest BCUT2D eigenvalue weighted by Crippen LogP contribution is -2.27. The number of rotatable bonds is 3. The Balaban J connectivity index is 2.17. The largest absolute Gasteiger partial charge is 0.313 e. The summed E-state index contributed by atoms with van der Waals surface area (Å²) >= 11 is 0. The SMILES string of the molecule is CN1C(=O)CN=C(c2ccccc2)c2cc(CN=C=O)ccc21. The molecule has 0 atom stereocenters. The zero-order chi connectivity index (χ0) is 16.2. The standard InChI is InChI=1S/C18H15N3O2/c1-21-16-8-7-13(10-19-12-22)9-15(16)18(20-11-17(21)23)14-5-3-2-4-6-14/h2-9H,10-11H2,1H3. The number of nitrogens with zero attached hydrogens (tertiary/aromatic N) is 3. The third-order valence-electron chi connectivity index (χ3n) is 3.80. The molecule has 0 saturated heterocycles. The lowest BCUT2D eigenvalue weighted by Gasteiger charge is -2.18. The Morgan fingerprint density at radius 2 is 2.00 bits per heavy atom. The lowest BCUT2D eigenvalue weighted by atomic mass is 9.98. The molecule has 114 valence electrons. The molecule has 1 aliphatic rings. The maximum absolute atomic E-state index is 12.2. The Hall–Kier alpha value is -3.04. The van der Waals surface area contributed by atoms with Crippen LogP contribution in [0.1, 0.15) is 16.7 Å². The fraction of sp³-hybridized carbons (Fsp3) is 0.167. The second-order valence-electron chi connectivity index (χ2n) is 5.24. The van der Waals surface area contributed by atoms with Gasteiger partial charge in [-0.15, -0.1) is 0 Å². The van der Waals surface area contributed by atoms with Gasteiger partial charge in [-0.05, 0) is 17.7 Å². The number of carbonyl (C=O) groups excluding carboxylic acids is 2. The number of isocyanates is 1. The van der Waals surface area contributed by atoms with E-state index in [2.05, 4.69) is 9.98 Å². The summed E-state index contributed by atoms with van der Waals surface area (Å²) in [6, 6.07) is 15.4. The number of benzene rings is 2. The first-order chi connectivity index (χ1) is 11.2. The van der Waals surface area contributed by atoms with Gasteiger partial charge < -0.3 is 4.90 Å². The minimum atomic E-state index is -0.0594. The van der Waals surface area contributed by atoms with E-state index >= 15 is 0 Å². The predicted octanol–water partition coefficient (Wildman–Crippen LogP) is 2.34. The van der Waals surface area contributed by atoms with Crippen molar-refractivity contribution in [3.63, 3.8) is 0 Å². The van der Waals surface area contributed by atoms with Crippen LogP contribution in [0, 0.1) is 0 Å². The van der Waals surface area contributed by atoms with E-state index in [1.807, 2.05) is 48.5 Å². The third kappa shape index (κ3) is 2.96. The van der Waals surface area contributed by atoms with Gasteiger partial charge in [0.15, 0.2) is 0 Å². The fourth-order valence-corrected chi connectivity index (χ4v) is 2.60. The zero-order valence-corrected chi connectivity index (χ0v) is 12.7. The number of benzodiazepines with no additional fused rings is 1. The number of anilines is 1. The molecular weight excluding hydrogens is 290 g/mol. The Morgan fingerprint density at radius 1 is 1.22 bits per heavy atom. The summed E-state index contributed by atoms with van der Waals surface area (Å²) in [5, 5.41) is 0. The molecule has 0 saturated carbocycles. The van der Waals surface area contributed by atoms with Crippen LogP contribution in [0.2, 0.25) is 0 Å². The molecule has 0 spiro atoms. The molecule has 1 heterocycles. The zero-order valence-electron chi connectivity index (χ0n) is 12.7. The summed E-state index contributed by atoms with van der Waals surface area (Å²) < 4.78 is 0. The van der Waals surface area contributed by atoms with Crippen LogP contribution in [-0.4, -0.2) is 31.3 Å². The van der Waals surface area contributed by atoms with Crippen LogP contribution >= 0.6 is 0 Å². The van der Waals surface area contributed by atoms with Crippen LogP contribution in [-0.2, 0) is 16.1 Å². The first kappa shape index (κ1) is 14.9. The quantitative estimate of drug-likeness (QED) is 0.645. The van der Waals surface area contributed by atoms with Gasteiger partial charge in [-0.2, -0.15) is 0 Å². The van der Waals surface area contributed by atoms with Crippen molar-refractivity contribution in [3.05, 3.63) is 65.2 Å². The maximum atomic E-state index is 12.2. The van der Waals surface area contributed by atoms with Crippen molar-refractivity contribution >= 4 is 23.4 Å². The Labute approximate surface area is 134 Å². The van der Waals surface area contributed by atoms with Gasteiger partial charge in [-0.1, -0.05) is 36.4 Å². The molecule has 0 unspecified atom stereocenters. The number of amides is 1. The van der Waals surface area contributed by atoms with E-state index in [1.54, 1.807) is 18.0 Å². The second kappa shape index (κ2) is 6.38. The van der Waals surface area contributed by atoms with E-state index in [9.17, 15) is 9.59 Å². The van der Waals surface area contributed by atoms with Gasteiger partial charge in [0.25, 0.3) is 0 Å². The van der Waals surface area contributed by atoms with Gasteiger partial charge in [0.1, 0.15) is 6.54 Å². The van der Waals surface area contributed by atoms with E-state index in [0.717, 1.165) is 28.1 Å². The van der Waals surface area contributed by atoms with Crippen LogP contribution in [0.3, 0.4) is 0 Å². The number of hydrogen-bond donors (Lipinski definition) is 0. The summed E-state index contributed by atoms with van der Waals surface area (Å²) in [7, 11) is 1.74. The highest BCUT2D eigenvalue weighted by molar-refractivity contribution is 6.19. The molecule has 2 aromatic rings. The summed E-state index contributed by atoms with van der Waals surface area (Å²) in [6.45, 7) is 0.369. The van der Waals surface area contributed by atoms with Gasteiger partial charge in [-0.3, -0.25) is 9.79 Å². The van der Waals surface area contributed by atoms with Crippen LogP contribution in [0.25, 0.3) is 0 Å². The number of fused-ring (bicyclic) bond motifs is 1. The molecule has 1 aliphatic heterocycles. The maximum Gasteiger partial charge on any atom is 0.248 e. The predicted molar refractivity (Wildman–Crippen MR) is 88.6 cm³/mol. The van der Waals surface area contributed by atoms with Crippen molar-refractivity contribution in [2.45, 2.75) is 6.54 Å². The molecule has 0 aliphatic carbocycles. The van der Waals surface area contributed by atoms with Crippen molar-refractivity contribution in [1.82, 2.24) is 0 Å². The minimum absolute atomic E-state index is 0.0594. The lowest BCUT2D eigenvalue weighted by molar-refractivity contribution is -0.116. The smallest absolute Gasteiger partial charge is 0.248 e. The van der Waals surface area contributed by atoms with Gasteiger partial charge >= 0.3 is 0 Å². The highest BCUT2D eigenvalue weighted by atomic mass is 16.2. The van der Waals surface area contributed by atoms with E-state index in [4.69, 9.17) is 0 Å². The topological polar surface area (TPSA) is 62.1 Å². The van der Waals surface area contributed by atoms with Crippen molar-refractivity contribution in [3.8, 4) is 0 Å². The molecular formula is C18H15N3O2. The summed E-state index contributed by atoms with van der Waals surface area (Å²) in [5.74, 6) is -0.0594. The highest BCUT2D eigenvalue weighted by Crippen LogP contribution is 2.27. The first-order valence-corrected chi connectivity index (χ1v) is 7.24. The van der Waals surface area contributed by atoms with Crippen LogP contribution in [0.15, 0.2) is 58.5 Å². The van der Waals surface area contributed by atoms with Crippen molar-refractivity contribution in [2.24, 2.45) is 9.98 Å². The molecule has 0 N–H and O–H groups in total. The van der Waals surface area contributed by atoms with Gasteiger partial charge in [-0.25, -0.2) is 9.79 Å². The van der Waals surface area contributed by atoms with Crippen molar-refractivity contribution < 1.29 is 9.59 Å². The average molecular weight is 305 g/mol. The van der Waals surface area contributed by atoms with Gasteiger partial charge in [0.05, 0.1) is 17.9 Å². The number of aliphatic imine (C=N–C) groups is 2. The normalized spacial score (nSPS) is 13.7. The molecule has 0 aromatic heterocycles. The minimum Gasteiger partial charge on any atom is -0.313 e. The van der Waals surface area contributed by atoms with E-state index in [0.29, 0.717) is 0 Å². The number of carbonyl (C=O) groups is 1. The summed E-state index contributed by atoms with van der Waals surface area (Å²) in [6.07, 6.45) is 1.55. The molecule has 23 heavy (non-hydrogen) atoms. The highest BCUT2D eigenvalue weighted by Gasteiger charge is 2.22. The second-order valence-corrected chi connectivity index (χ2v) is 5.24. The Morgan fingerprint density at radius 3 is 2.74 bits per heavy atom. The fourth-order valence-electron chi connectivity index (χ4n) is 2.60. The summed E-state index contributed by atoms with van der Waals surface area (Å²) in [4.78, 5) is 32.2. The van der Waals surface area contributed by atoms with E-state index < -0.39 is 0 Å². The molecule has 3 rings (SSSR count). The third-order valence-corrected chi connectivity index (χ3v) is 3.80. The van der Waals surface area contributed by atoms with Crippen molar-refractivity contribution in [2.75, 3.05) is 18.5 Å². The van der Waals surface area contributed by atoms with Gasteiger partial charge in [0.2, 0.25) is 12.0 Å². The monoisotopic (exact) mass is 305 g/mol. The molecule has 0 radical (unpaired) electrons. The van der Waals surface area contributed by atoms with E-state index in [-0.39, 0.29) is 19.0 Å². The molecule has 0 fully saturated rings.